The molecule has 4 rings (SSSR count). The zero-order valence-electron chi connectivity index (χ0n) is 14.8. The molecule has 6 nitrogen and oxygen atoms in total. The van der Waals surface area contributed by atoms with Gasteiger partial charge in [-0.05, 0) is 37.3 Å². The van der Waals surface area contributed by atoms with E-state index in [1.165, 1.54) is 0 Å². The Bertz CT molecular complexity index is 1050. The van der Waals surface area contributed by atoms with Gasteiger partial charge in [-0.2, -0.15) is 5.01 Å². The molecule has 0 radical (unpaired) electrons. The summed E-state index contributed by atoms with van der Waals surface area (Å²) in [7, 11) is 0. The molecule has 1 N–H and O–H groups in total. The summed E-state index contributed by atoms with van der Waals surface area (Å²) in [4.78, 5) is 40.2. The van der Waals surface area contributed by atoms with E-state index >= 15 is 0 Å². The average Bonchev–Trinajstić information content (AvgIpc) is 3.15. The van der Waals surface area contributed by atoms with Crippen molar-refractivity contribution in [3.05, 3.63) is 70.6 Å². The quantitative estimate of drug-likeness (QED) is 0.624. The van der Waals surface area contributed by atoms with E-state index in [4.69, 9.17) is 12.2 Å². The lowest BCUT2D eigenvalue weighted by Gasteiger charge is -2.15. The molecule has 1 fully saturated rings. The van der Waals surface area contributed by atoms with E-state index in [1.807, 2.05) is 31.2 Å². The summed E-state index contributed by atoms with van der Waals surface area (Å²) in [5, 5.41) is 1.03. The predicted molar refractivity (Wildman–Crippen MR) is 112 cm³/mol. The van der Waals surface area contributed by atoms with E-state index in [9.17, 15) is 14.4 Å². The summed E-state index contributed by atoms with van der Waals surface area (Å²) in [5.74, 6) is -1.19. The topological polar surface area (TPSA) is 69.7 Å². The summed E-state index contributed by atoms with van der Waals surface area (Å²) in [6, 6.07) is 15.9. The zero-order valence-corrected chi connectivity index (χ0v) is 16.5. The second-order valence-corrected chi connectivity index (χ2v) is 7.73. The first kappa shape index (κ1) is 18.4. The number of nitrogens with zero attached hydrogens (tertiary/aromatic N) is 2. The maximum absolute atomic E-state index is 13.0. The van der Waals surface area contributed by atoms with E-state index in [1.54, 1.807) is 35.2 Å². The zero-order chi connectivity index (χ0) is 19.8. The Hall–Kier alpha value is -2.97. The minimum atomic E-state index is -0.504. The molecule has 0 aliphatic carbocycles. The van der Waals surface area contributed by atoms with Crippen molar-refractivity contribution in [2.24, 2.45) is 0 Å². The number of fused-ring (bicyclic) bond motifs is 1. The van der Waals surface area contributed by atoms with Crippen molar-refractivity contribution in [3.8, 4) is 0 Å². The number of carbonyl (C=O) groups is 3. The number of rotatable bonds is 3. The van der Waals surface area contributed by atoms with Crippen LogP contribution in [0.1, 0.15) is 22.8 Å². The Morgan fingerprint density at radius 3 is 2.43 bits per heavy atom. The monoisotopic (exact) mass is 409 g/mol. The molecule has 2 aliphatic rings. The first-order chi connectivity index (χ1) is 13.5. The second kappa shape index (κ2) is 7.21. The van der Waals surface area contributed by atoms with Crippen molar-refractivity contribution < 1.29 is 14.4 Å². The van der Waals surface area contributed by atoms with Crippen LogP contribution in [-0.4, -0.2) is 33.6 Å². The Morgan fingerprint density at radius 2 is 1.71 bits per heavy atom. The lowest BCUT2D eigenvalue weighted by molar-refractivity contribution is -0.124. The molecule has 0 atom stereocenters. The Morgan fingerprint density at radius 1 is 1.04 bits per heavy atom. The minimum absolute atomic E-state index is 0.178. The van der Waals surface area contributed by atoms with Gasteiger partial charge in [-0.25, -0.2) is 0 Å². The highest BCUT2D eigenvalue weighted by molar-refractivity contribution is 8.26. The molecule has 0 aromatic heterocycles. The number of hydrogen-bond donors (Lipinski definition) is 1. The van der Waals surface area contributed by atoms with Crippen LogP contribution in [0.3, 0.4) is 0 Å². The van der Waals surface area contributed by atoms with Gasteiger partial charge in [-0.1, -0.05) is 48.2 Å². The molecule has 8 heteroatoms. The standard InChI is InChI=1S/C20H15N3O3S2/c1-2-22-14-11-7-6-10-13(14)15(18(22)25)16-19(26)23(20(27)28-16)21-17(24)12-8-4-3-5-9-12/h3-11H,2H2,1H3,(H,21,24). The number of hydrazine groups is 1. The van der Waals surface area contributed by atoms with Crippen molar-refractivity contribution in [1.29, 1.82) is 0 Å². The second-order valence-electron chi connectivity index (χ2n) is 6.09. The molecule has 0 spiro atoms. The van der Waals surface area contributed by atoms with E-state index in [0.717, 1.165) is 22.5 Å². The largest absolute Gasteiger partial charge is 0.308 e. The summed E-state index contributed by atoms with van der Waals surface area (Å²) >= 11 is 6.31. The maximum atomic E-state index is 13.0. The molecule has 140 valence electrons. The van der Waals surface area contributed by atoms with Gasteiger partial charge in [0.1, 0.15) is 0 Å². The third-order valence-electron chi connectivity index (χ3n) is 4.49. The van der Waals surface area contributed by atoms with Gasteiger partial charge in [0.25, 0.3) is 17.7 Å². The van der Waals surface area contributed by atoms with Gasteiger partial charge >= 0.3 is 0 Å². The number of nitrogens with one attached hydrogen (secondary N) is 1. The van der Waals surface area contributed by atoms with Crippen molar-refractivity contribution in [3.63, 3.8) is 0 Å². The van der Waals surface area contributed by atoms with Crippen molar-refractivity contribution in [2.75, 3.05) is 11.4 Å². The lowest BCUT2D eigenvalue weighted by atomic mass is 10.1. The summed E-state index contributed by atoms with van der Waals surface area (Å²) < 4.78 is 0.178. The molecule has 0 saturated carbocycles. The third-order valence-corrected chi connectivity index (χ3v) is 5.86. The van der Waals surface area contributed by atoms with Crippen LogP contribution in [0.15, 0.2) is 59.5 Å². The average molecular weight is 409 g/mol. The molecular formula is C20H15N3O3S2. The number of likely N-dealkylation sites (N-methyl/N-ethyl adjacent to an activating group) is 1. The Kier molecular flexibility index (Phi) is 4.74. The molecule has 0 unspecified atom stereocenters. The molecule has 2 heterocycles. The molecule has 2 aromatic rings. The summed E-state index contributed by atoms with van der Waals surface area (Å²) in [5.41, 5.74) is 4.73. The fraction of sp³-hybridized carbons (Fsp3) is 0.100. The first-order valence-electron chi connectivity index (χ1n) is 8.60. The number of benzene rings is 2. The van der Waals surface area contributed by atoms with Gasteiger partial charge in [-0.15, -0.1) is 0 Å². The highest BCUT2D eigenvalue weighted by Gasteiger charge is 2.42. The number of hydrogen-bond acceptors (Lipinski definition) is 5. The molecule has 3 amide bonds. The SMILES string of the molecule is CCN1C(=O)C(=C2SC(=S)N(NC(=O)c3ccccc3)C2=O)c2ccccc21. The van der Waals surface area contributed by atoms with Gasteiger partial charge in [0.2, 0.25) is 0 Å². The van der Waals surface area contributed by atoms with Gasteiger partial charge in [0, 0.05) is 17.7 Å². The fourth-order valence-electron chi connectivity index (χ4n) is 3.18. The number of thiocarbonyl (C=S) groups is 1. The van der Waals surface area contributed by atoms with Crippen LogP contribution < -0.4 is 10.3 Å². The number of thioether (sulfide) groups is 1. The third kappa shape index (κ3) is 2.90. The fourth-order valence-corrected chi connectivity index (χ4v) is 4.44. The van der Waals surface area contributed by atoms with E-state index in [-0.39, 0.29) is 15.1 Å². The summed E-state index contributed by atoms with van der Waals surface area (Å²) in [6.07, 6.45) is 0. The Balaban J connectivity index is 1.69. The van der Waals surface area contributed by atoms with Crippen LogP contribution >= 0.6 is 24.0 Å². The number of para-hydroxylation sites is 1. The highest BCUT2D eigenvalue weighted by atomic mass is 32.2. The lowest BCUT2D eigenvalue weighted by Crippen LogP contribution is -2.45. The van der Waals surface area contributed by atoms with Crippen LogP contribution in [0.2, 0.25) is 0 Å². The molecule has 2 aliphatic heterocycles. The minimum Gasteiger partial charge on any atom is -0.308 e. The normalized spacial score (nSPS) is 18.7. The van der Waals surface area contributed by atoms with E-state index in [2.05, 4.69) is 5.43 Å². The Labute approximate surface area is 171 Å². The van der Waals surface area contributed by atoms with E-state index < -0.39 is 11.8 Å². The van der Waals surface area contributed by atoms with Gasteiger partial charge in [-0.3, -0.25) is 19.8 Å². The van der Waals surface area contributed by atoms with Gasteiger partial charge in [0.05, 0.1) is 16.2 Å². The van der Waals surface area contributed by atoms with E-state index in [0.29, 0.717) is 23.2 Å². The first-order valence-corrected chi connectivity index (χ1v) is 9.83. The smallest absolute Gasteiger partial charge is 0.286 e. The van der Waals surface area contributed by atoms with Gasteiger partial charge in [0.15, 0.2) is 4.32 Å². The molecule has 1 saturated heterocycles. The van der Waals surface area contributed by atoms with Crippen molar-refractivity contribution >= 4 is 57.3 Å². The highest BCUT2D eigenvalue weighted by Crippen LogP contribution is 2.43. The number of anilines is 1. The van der Waals surface area contributed by atoms with Crippen molar-refractivity contribution in [1.82, 2.24) is 10.4 Å². The van der Waals surface area contributed by atoms with Gasteiger partial charge < -0.3 is 4.90 Å². The van der Waals surface area contributed by atoms with Crippen LogP contribution in [0.4, 0.5) is 5.69 Å². The summed E-state index contributed by atoms with van der Waals surface area (Å²) in [6.45, 7) is 2.37. The van der Waals surface area contributed by atoms with Crippen LogP contribution in [0.25, 0.3) is 5.57 Å². The predicted octanol–water partition coefficient (Wildman–Crippen LogP) is 2.97. The molecule has 2 aromatic carbocycles. The van der Waals surface area contributed by atoms with Crippen LogP contribution in [0, 0.1) is 0 Å². The molecular weight excluding hydrogens is 394 g/mol. The molecule has 0 bridgehead atoms. The van der Waals surface area contributed by atoms with Crippen molar-refractivity contribution in [2.45, 2.75) is 6.92 Å². The number of amides is 3. The van der Waals surface area contributed by atoms with Crippen LogP contribution in [0.5, 0.6) is 0 Å². The maximum Gasteiger partial charge on any atom is 0.286 e. The molecule has 28 heavy (non-hydrogen) atoms. The van der Waals surface area contributed by atoms with Crippen LogP contribution in [-0.2, 0) is 9.59 Å². The number of carbonyl (C=O) groups excluding carboxylic acids is 3.